The predicted octanol–water partition coefficient (Wildman–Crippen LogP) is 7.97. The summed E-state index contributed by atoms with van der Waals surface area (Å²) in [7, 11) is 1.44. The molecule has 2 aromatic carbocycles. The van der Waals surface area contributed by atoms with E-state index in [2.05, 4.69) is 81.7 Å². The van der Waals surface area contributed by atoms with Crippen LogP contribution in [0.3, 0.4) is 0 Å². The minimum absolute atomic E-state index is 0.324. The van der Waals surface area contributed by atoms with Gasteiger partial charge in [0, 0.05) is 39.6 Å². The predicted molar refractivity (Wildman–Crippen MR) is 155 cm³/mol. The van der Waals surface area contributed by atoms with E-state index in [1.165, 1.54) is 29.7 Å². The second-order valence-electron chi connectivity index (χ2n) is 11.3. The van der Waals surface area contributed by atoms with Crippen LogP contribution in [0, 0.1) is 11.3 Å². The van der Waals surface area contributed by atoms with Crippen molar-refractivity contribution in [2.75, 3.05) is 51.1 Å². The Labute approximate surface area is 221 Å². The fourth-order valence-corrected chi connectivity index (χ4v) is 6.05. The van der Waals surface area contributed by atoms with E-state index in [1.54, 1.807) is 7.11 Å². The SMILES string of the molecule is CCOP(C)CCc1cccc(OCC2CCN(c3cc(OC)ccc3CCCC(C)(C)C)CC2)c1. The highest BCUT2D eigenvalue weighted by atomic mass is 31.1. The molecule has 1 aliphatic heterocycles. The summed E-state index contributed by atoms with van der Waals surface area (Å²) in [6.07, 6.45) is 8.06. The van der Waals surface area contributed by atoms with Gasteiger partial charge in [-0.15, -0.1) is 0 Å². The van der Waals surface area contributed by atoms with E-state index < -0.39 is 0 Å². The van der Waals surface area contributed by atoms with E-state index >= 15 is 0 Å². The number of aryl methyl sites for hydroxylation is 2. The van der Waals surface area contributed by atoms with Gasteiger partial charge in [0.05, 0.1) is 13.7 Å². The number of ether oxygens (including phenoxy) is 2. The molecule has 5 heteroatoms. The average molecular weight is 514 g/mol. The van der Waals surface area contributed by atoms with Crippen molar-refractivity contribution in [3.63, 3.8) is 0 Å². The molecule has 0 amide bonds. The molecule has 1 aliphatic rings. The number of nitrogens with zero attached hydrogens (tertiary/aromatic N) is 1. The summed E-state index contributed by atoms with van der Waals surface area (Å²) in [4.78, 5) is 2.56. The normalized spacial score (nSPS) is 15.7. The monoisotopic (exact) mass is 513 g/mol. The van der Waals surface area contributed by atoms with Crippen LogP contribution in [0.25, 0.3) is 0 Å². The number of piperidine rings is 1. The lowest BCUT2D eigenvalue weighted by Gasteiger charge is -2.35. The van der Waals surface area contributed by atoms with Crippen molar-refractivity contribution in [3.8, 4) is 11.5 Å². The van der Waals surface area contributed by atoms with Crippen LogP contribution in [-0.2, 0) is 17.4 Å². The largest absolute Gasteiger partial charge is 0.497 e. The first-order chi connectivity index (χ1) is 17.3. The standard InChI is InChI=1S/C31H48NO3P/c1-7-35-36(6)21-17-25-10-8-12-29(22-25)34-24-26-15-19-32(20-16-26)30-23-28(33-5)14-13-27(30)11-9-18-31(2,3)4/h8,10,12-14,22-23,26H,7,9,11,15-21,24H2,1-6H3. The highest BCUT2D eigenvalue weighted by Gasteiger charge is 2.22. The van der Waals surface area contributed by atoms with Gasteiger partial charge in [0.1, 0.15) is 11.5 Å². The summed E-state index contributed by atoms with van der Waals surface area (Å²) in [5.74, 6) is 2.55. The maximum absolute atomic E-state index is 6.26. The first-order valence-electron chi connectivity index (χ1n) is 13.7. The summed E-state index contributed by atoms with van der Waals surface area (Å²) in [6, 6.07) is 15.3. The summed E-state index contributed by atoms with van der Waals surface area (Å²) < 4.78 is 17.6. The molecule has 36 heavy (non-hydrogen) atoms. The maximum Gasteiger partial charge on any atom is 0.120 e. The van der Waals surface area contributed by atoms with Gasteiger partial charge in [0.25, 0.3) is 0 Å². The number of rotatable bonds is 13. The Morgan fingerprint density at radius 1 is 1.00 bits per heavy atom. The first-order valence-corrected chi connectivity index (χ1v) is 15.6. The van der Waals surface area contributed by atoms with Crippen LogP contribution in [0.1, 0.15) is 64.5 Å². The second kappa shape index (κ2) is 14.2. The number of anilines is 1. The topological polar surface area (TPSA) is 30.9 Å². The van der Waals surface area contributed by atoms with Gasteiger partial charge in [-0.1, -0.05) is 39.0 Å². The van der Waals surface area contributed by atoms with Crippen molar-refractivity contribution in [1.29, 1.82) is 0 Å². The molecule has 1 heterocycles. The average Bonchev–Trinajstić information content (AvgIpc) is 2.86. The number of benzene rings is 2. The lowest BCUT2D eigenvalue weighted by Crippen LogP contribution is -2.36. The third kappa shape index (κ3) is 9.60. The zero-order valence-corrected chi connectivity index (χ0v) is 24.4. The molecule has 0 aliphatic carbocycles. The molecule has 0 spiro atoms. The molecule has 0 aromatic heterocycles. The van der Waals surface area contributed by atoms with Gasteiger partial charge in [-0.05, 0) is 98.9 Å². The van der Waals surface area contributed by atoms with E-state index in [0.717, 1.165) is 69.6 Å². The Morgan fingerprint density at radius 2 is 1.78 bits per heavy atom. The van der Waals surface area contributed by atoms with Crippen molar-refractivity contribution in [3.05, 3.63) is 53.6 Å². The zero-order chi connectivity index (χ0) is 26.0. The molecule has 3 rings (SSSR count). The fourth-order valence-electron chi connectivity index (χ4n) is 4.90. The molecule has 2 aromatic rings. The summed E-state index contributed by atoms with van der Waals surface area (Å²) in [6.45, 7) is 15.0. The molecule has 0 radical (unpaired) electrons. The molecule has 0 saturated carbocycles. The molecule has 1 unspecified atom stereocenters. The van der Waals surface area contributed by atoms with Crippen LogP contribution in [-0.4, -0.2) is 46.2 Å². The van der Waals surface area contributed by atoms with Gasteiger partial charge < -0.3 is 18.9 Å². The van der Waals surface area contributed by atoms with Crippen molar-refractivity contribution >= 4 is 13.8 Å². The molecule has 1 fully saturated rings. The zero-order valence-electron chi connectivity index (χ0n) is 23.5. The van der Waals surface area contributed by atoms with Gasteiger partial charge >= 0.3 is 0 Å². The quantitative estimate of drug-likeness (QED) is 0.254. The van der Waals surface area contributed by atoms with Crippen LogP contribution in [0.15, 0.2) is 42.5 Å². The van der Waals surface area contributed by atoms with E-state index in [-0.39, 0.29) is 8.15 Å². The Bertz CT molecular complexity index is 918. The lowest BCUT2D eigenvalue weighted by atomic mass is 9.88. The van der Waals surface area contributed by atoms with E-state index in [0.29, 0.717) is 11.3 Å². The van der Waals surface area contributed by atoms with Crippen LogP contribution in [0.2, 0.25) is 0 Å². The second-order valence-corrected chi connectivity index (χ2v) is 13.3. The van der Waals surface area contributed by atoms with Crippen LogP contribution < -0.4 is 14.4 Å². The summed E-state index contributed by atoms with van der Waals surface area (Å²) in [5, 5.41) is 0. The van der Waals surface area contributed by atoms with Crippen LogP contribution >= 0.6 is 8.15 Å². The third-order valence-electron chi connectivity index (χ3n) is 7.07. The Morgan fingerprint density at radius 3 is 2.47 bits per heavy atom. The molecule has 200 valence electrons. The van der Waals surface area contributed by atoms with Gasteiger partial charge in [-0.3, -0.25) is 0 Å². The van der Waals surface area contributed by atoms with Crippen molar-refractivity contribution in [1.82, 2.24) is 0 Å². The smallest absolute Gasteiger partial charge is 0.120 e. The van der Waals surface area contributed by atoms with E-state index in [9.17, 15) is 0 Å². The Hall–Kier alpha value is -1.77. The first kappa shape index (κ1) is 28.8. The van der Waals surface area contributed by atoms with Crippen molar-refractivity contribution in [2.24, 2.45) is 11.3 Å². The third-order valence-corrected chi connectivity index (χ3v) is 8.62. The van der Waals surface area contributed by atoms with Gasteiger partial charge in [0.15, 0.2) is 0 Å². The fraction of sp³-hybridized carbons (Fsp3) is 0.613. The van der Waals surface area contributed by atoms with E-state index in [4.69, 9.17) is 14.0 Å². The maximum atomic E-state index is 6.26. The molecular formula is C31H48NO3P. The molecule has 1 saturated heterocycles. The van der Waals surface area contributed by atoms with Gasteiger partial charge in [-0.2, -0.15) is 0 Å². The van der Waals surface area contributed by atoms with E-state index in [1.807, 2.05) is 0 Å². The highest BCUT2D eigenvalue weighted by molar-refractivity contribution is 7.51. The van der Waals surface area contributed by atoms with Gasteiger partial charge in [0.2, 0.25) is 0 Å². The lowest BCUT2D eigenvalue weighted by molar-refractivity contribution is 0.222. The number of hydrogen-bond donors (Lipinski definition) is 0. The highest BCUT2D eigenvalue weighted by Crippen LogP contribution is 2.34. The molecule has 1 atom stereocenters. The molecular weight excluding hydrogens is 465 g/mol. The van der Waals surface area contributed by atoms with Gasteiger partial charge in [-0.25, -0.2) is 0 Å². The summed E-state index contributed by atoms with van der Waals surface area (Å²) in [5.41, 5.74) is 4.53. The molecule has 4 nitrogen and oxygen atoms in total. The number of methoxy groups -OCH3 is 1. The Balaban J connectivity index is 1.51. The molecule has 0 bridgehead atoms. The van der Waals surface area contributed by atoms with Crippen molar-refractivity contribution < 1.29 is 14.0 Å². The molecule has 0 N–H and O–H groups in total. The van der Waals surface area contributed by atoms with Crippen LogP contribution in [0.5, 0.6) is 11.5 Å². The van der Waals surface area contributed by atoms with Crippen molar-refractivity contribution in [2.45, 2.75) is 66.2 Å². The number of hydrogen-bond acceptors (Lipinski definition) is 4. The minimum atomic E-state index is -0.324. The minimum Gasteiger partial charge on any atom is -0.497 e. The van der Waals surface area contributed by atoms with Crippen LogP contribution in [0.4, 0.5) is 5.69 Å². The summed E-state index contributed by atoms with van der Waals surface area (Å²) >= 11 is 0. The Kier molecular flexibility index (Phi) is 11.4.